The second-order valence-electron chi connectivity index (χ2n) is 9.01. The van der Waals surface area contributed by atoms with Gasteiger partial charge in [0.1, 0.15) is 0 Å². The number of piperidine rings is 2. The quantitative estimate of drug-likeness (QED) is 0.576. The zero-order valence-corrected chi connectivity index (χ0v) is 20.9. The summed E-state index contributed by atoms with van der Waals surface area (Å²) in [5.74, 6) is -2.65. The molecule has 0 atom stereocenters. The standard InChI is InChI=1S/C18H26F2N2O2.C3H7.In/c1-15(2)21-10-6-16(7-11-21)24-14-4-3-5-17(23)22-12-8-18(19,20)9-13-22;1-3-2;/h3-4,15-16H,6-13H2,1-2H3;3H,1-2H3;. The molecule has 0 spiro atoms. The van der Waals surface area contributed by atoms with Crippen LogP contribution in [0.2, 0.25) is 3.67 Å². The van der Waals surface area contributed by atoms with Crippen molar-refractivity contribution in [3.63, 3.8) is 0 Å². The number of amides is 1. The minimum atomic E-state index is -2.63. The third-order valence-corrected chi connectivity index (χ3v) is 15.9. The predicted molar refractivity (Wildman–Crippen MR) is 109 cm³/mol. The normalized spacial score (nSPS) is 24.0. The molecule has 2 fully saturated rings. The third-order valence-electron chi connectivity index (χ3n) is 6.27. The Kier molecular flexibility index (Phi) is 7.17. The Bertz CT molecular complexity index is 630. The number of hydrogen-bond donors (Lipinski definition) is 0. The Morgan fingerprint density at radius 3 is 2.25 bits per heavy atom. The maximum atomic E-state index is 13.5. The maximum absolute atomic E-state index is 13.5. The first-order chi connectivity index (χ1) is 13.2. The van der Waals surface area contributed by atoms with Gasteiger partial charge in [0.05, 0.1) is 0 Å². The van der Waals surface area contributed by atoms with E-state index in [9.17, 15) is 13.6 Å². The van der Waals surface area contributed by atoms with Gasteiger partial charge in [-0.25, -0.2) is 0 Å². The first-order valence-corrected chi connectivity index (χ1v) is 15.9. The van der Waals surface area contributed by atoms with Crippen LogP contribution < -0.4 is 0 Å². The molecule has 0 aromatic rings. The van der Waals surface area contributed by atoms with Gasteiger partial charge in [-0.3, -0.25) is 0 Å². The van der Waals surface area contributed by atoms with Gasteiger partial charge in [-0.1, -0.05) is 0 Å². The fraction of sp³-hybridized carbons (Fsp3) is 0.762. The van der Waals surface area contributed by atoms with Crippen LogP contribution in [0.3, 0.4) is 0 Å². The summed E-state index contributed by atoms with van der Waals surface area (Å²) < 4.78 is 35.7. The van der Waals surface area contributed by atoms with Crippen LogP contribution in [0.15, 0.2) is 19.0 Å². The summed E-state index contributed by atoms with van der Waals surface area (Å²) in [7, 11) is 0. The summed E-state index contributed by atoms with van der Waals surface area (Å²) in [5.41, 5.74) is 0. The third kappa shape index (κ3) is 5.13. The van der Waals surface area contributed by atoms with E-state index < -0.39 is 27.4 Å². The van der Waals surface area contributed by atoms with Crippen molar-refractivity contribution >= 4 is 27.3 Å². The predicted octanol–water partition coefficient (Wildman–Crippen LogP) is 3.94. The van der Waals surface area contributed by atoms with Crippen molar-refractivity contribution in [3.05, 3.63) is 19.0 Å². The zero-order valence-electron chi connectivity index (χ0n) is 17.6. The summed E-state index contributed by atoms with van der Waals surface area (Å²) >= 11 is -2.59. The number of carbonyl (C=O) groups is 1. The molecule has 3 aliphatic rings. The number of halogens is 2. The van der Waals surface area contributed by atoms with E-state index in [0.29, 0.717) is 9.72 Å². The SMILES string of the molecule is CC(C)N1CCC(O[C]2=CC=[C](C(=O)N3CCC(F)(F)CC3)[In]2[CH](C)C)CC1. The molecule has 0 radical (unpaired) electrons. The fourth-order valence-corrected chi connectivity index (χ4v) is 13.2. The molecule has 7 heteroatoms. The Morgan fingerprint density at radius 2 is 1.71 bits per heavy atom. The molecule has 0 aromatic carbocycles. The molecule has 3 heterocycles. The number of alkyl halides is 2. The van der Waals surface area contributed by atoms with Crippen molar-refractivity contribution in [2.45, 2.75) is 75.1 Å². The van der Waals surface area contributed by atoms with Crippen LogP contribution in [0.5, 0.6) is 0 Å². The van der Waals surface area contributed by atoms with Crippen LogP contribution in [0.25, 0.3) is 0 Å². The van der Waals surface area contributed by atoms with Crippen molar-refractivity contribution < 1.29 is 18.3 Å². The topological polar surface area (TPSA) is 32.8 Å². The number of ether oxygens (including phenoxy) is 1. The van der Waals surface area contributed by atoms with E-state index in [4.69, 9.17) is 4.74 Å². The first-order valence-electron chi connectivity index (χ1n) is 10.7. The number of carbonyl (C=O) groups excluding carboxylic acids is 1. The Balaban J connectivity index is 1.60. The Morgan fingerprint density at radius 1 is 1.11 bits per heavy atom. The number of likely N-dealkylation sites (tertiary alicyclic amines) is 2. The van der Waals surface area contributed by atoms with Gasteiger partial charge in [0.15, 0.2) is 0 Å². The van der Waals surface area contributed by atoms with Crippen LogP contribution in [0.4, 0.5) is 8.78 Å². The number of rotatable bonds is 5. The van der Waals surface area contributed by atoms with Crippen LogP contribution in [0, 0.1) is 0 Å². The first kappa shape index (κ1) is 22.1. The van der Waals surface area contributed by atoms with Gasteiger partial charge in [0, 0.05) is 0 Å². The molecule has 0 aromatic heterocycles. The summed E-state index contributed by atoms with van der Waals surface area (Å²) in [6.45, 7) is 11.2. The van der Waals surface area contributed by atoms with E-state index in [2.05, 4.69) is 32.6 Å². The van der Waals surface area contributed by atoms with Gasteiger partial charge in [0.2, 0.25) is 0 Å². The van der Waals surface area contributed by atoms with Crippen molar-refractivity contribution in [2.24, 2.45) is 0 Å². The van der Waals surface area contributed by atoms with Crippen LogP contribution >= 0.6 is 0 Å². The molecule has 0 bridgehead atoms. The summed E-state index contributed by atoms with van der Waals surface area (Å²) in [6, 6.07) is 0.567. The monoisotopic (exact) mass is 498 g/mol. The molecule has 3 aliphatic heterocycles. The second-order valence-corrected chi connectivity index (χ2v) is 18.9. The molecule has 0 unspecified atom stereocenters. The average Bonchev–Trinajstić information content (AvgIpc) is 3.05. The van der Waals surface area contributed by atoms with E-state index in [1.165, 1.54) is 0 Å². The molecule has 28 heavy (non-hydrogen) atoms. The molecule has 1 amide bonds. The van der Waals surface area contributed by atoms with Crippen molar-refractivity contribution in [1.29, 1.82) is 0 Å². The molecule has 156 valence electrons. The molecular weight excluding hydrogens is 465 g/mol. The van der Waals surface area contributed by atoms with E-state index in [1.54, 1.807) is 4.90 Å². The molecule has 3 rings (SSSR count). The minimum absolute atomic E-state index is 0.0190. The number of nitrogens with zero attached hydrogens (tertiary/aromatic N) is 2. The van der Waals surface area contributed by atoms with Crippen molar-refractivity contribution in [2.75, 3.05) is 26.2 Å². The molecule has 4 nitrogen and oxygen atoms in total. The molecular formula is C21H33F2InN2O2. The van der Waals surface area contributed by atoms with E-state index in [0.717, 1.165) is 32.8 Å². The summed E-state index contributed by atoms with van der Waals surface area (Å²) in [5, 5.41) is 0. The number of hydrogen-bond acceptors (Lipinski definition) is 3. The average molecular weight is 498 g/mol. The van der Waals surface area contributed by atoms with Crippen LogP contribution in [0.1, 0.15) is 53.4 Å². The van der Waals surface area contributed by atoms with Crippen LogP contribution in [-0.4, -0.2) is 81.4 Å². The summed E-state index contributed by atoms with van der Waals surface area (Å²) in [6.07, 6.45) is 5.79. The second kappa shape index (κ2) is 9.07. The molecule has 0 N–H and O–H groups in total. The van der Waals surface area contributed by atoms with Gasteiger partial charge >= 0.3 is 176 Å². The fourth-order valence-electron chi connectivity index (χ4n) is 4.46. The van der Waals surface area contributed by atoms with E-state index in [-0.39, 0.29) is 37.9 Å². The molecule has 2 saturated heterocycles. The van der Waals surface area contributed by atoms with Crippen molar-refractivity contribution in [1.82, 2.24) is 9.80 Å². The van der Waals surface area contributed by atoms with Gasteiger partial charge < -0.3 is 0 Å². The van der Waals surface area contributed by atoms with Crippen molar-refractivity contribution in [3.8, 4) is 0 Å². The van der Waals surface area contributed by atoms with Gasteiger partial charge in [-0.05, 0) is 0 Å². The Labute approximate surface area is 175 Å². The zero-order chi connectivity index (χ0) is 20.5. The Hall–Kier alpha value is -0.560. The van der Waals surface area contributed by atoms with Gasteiger partial charge in [-0.15, -0.1) is 0 Å². The van der Waals surface area contributed by atoms with E-state index >= 15 is 0 Å². The van der Waals surface area contributed by atoms with E-state index in [1.807, 2.05) is 12.2 Å². The van der Waals surface area contributed by atoms with Crippen LogP contribution in [-0.2, 0) is 9.53 Å². The molecule has 0 saturated carbocycles. The summed E-state index contributed by atoms with van der Waals surface area (Å²) in [4.78, 5) is 17.2. The van der Waals surface area contributed by atoms with Gasteiger partial charge in [-0.2, -0.15) is 0 Å². The molecule has 0 aliphatic carbocycles. The number of allylic oxidation sites excluding steroid dienone is 2. The van der Waals surface area contributed by atoms with Gasteiger partial charge in [0.25, 0.3) is 0 Å².